The van der Waals surface area contributed by atoms with Crippen molar-refractivity contribution in [2.75, 3.05) is 26.7 Å². The number of likely N-dealkylation sites (tertiary alicyclic amines) is 1. The molecule has 7 heteroatoms. The second kappa shape index (κ2) is 4.22. The quantitative estimate of drug-likeness (QED) is 0.820. The average molecular weight is 290 g/mol. The SMILES string of the molecule is CN1C[C@]2(CCN(C(=O)c3n[nH]c4c3CCC4)C2)OC1=O. The van der Waals surface area contributed by atoms with Gasteiger partial charge in [0.15, 0.2) is 11.3 Å². The van der Waals surface area contributed by atoms with Crippen molar-refractivity contribution in [2.45, 2.75) is 31.3 Å². The van der Waals surface area contributed by atoms with E-state index < -0.39 is 5.60 Å². The van der Waals surface area contributed by atoms with Gasteiger partial charge in [-0.25, -0.2) is 4.79 Å². The molecule has 0 bridgehead atoms. The molecule has 2 amide bonds. The van der Waals surface area contributed by atoms with Crippen molar-refractivity contribution in [3.8, 4) is 0 Å². The van der Waals surface area contributed by atoms with Gasteiger partial charge >= 0.3 is 6.09 Å². The summed E-state index contributed by atoms with van der Waals surface area (Å²) >= 11 is 0. The van der Waals surface area contributed by atoms with Crippen LogP contribution in [0, 0.1) is 0 Å². The second-order valence-corrected chi connectivity index (χ2v) is 6.27. The molecule has 2 aliphatic heterocycles. The van der Waals surface area contributed by atoms with E-state index >= 15 is 0 Å². The minimum absolute atomic E-state index is 0.0446. The molecule has 7 nitrogen and oxygen atoms in total. The number of amides is 2. The van der Waals surface area contributed by atoms with Gasteiger partial charge in [0.25, 0.3) is 5.91 Å². The van der Waals surface area contributed by atoms with Crippen LogP contribution in [0.3, 0.4) is 0 Å². The van der Waals surface area contributed by atoms with Crippen LogP contribution in [0.5, 0.6) is 0 Å². The predicted molar refractivity (Wildman–Crippen MR) is 73.0 cm³/mol. The largest absolute Gasteiger partial charge is 0.439 e. The molecule has 1 atom stereocenters. The van der Waals surface area contributed by atoms with Crippen molar-refractivity contribution in [3.05, 3.63) is 17.0 Å². The fraction of sp³-hybridized carbons (Fsp3) is 0.643. The first-order valence-corrected chi connectivity index (χ1v) is 7.37. The molecule has 3 heterocycles. The van der Waals surface area contributed by atoms with Gasteiger partial charge in [-0.2, -0.15) is 5.10 Å². The van der Waals surface area contributed by atoms with Crippen LogP contribution >= 0.6 is 0 Å². The molecule has 0 unspecified atom stereocenters. The van der Waals surface area contributed by atoms with Gasteiger partial charge < -0.3 is 14.5 Å². The van der Waals surface area contributed by atoms with E-state index in [1.54, 1.807) is 16.8 Å². The van der Waals surface area contributed by atoms with Crippen molar-refractivity contribution in [3.63, 3.8) is 0 Å². The highest BCUT2D eigenvalue weighted by atomic mass is 16.6. The van der Waals surface area contributed by atoms with Crippen LogP contribution < -0.4 is 0 Å². The monoisotopic (exact) mass is 290 g/mol. The fourth-order valence-electron chi connectivity index (χ4n) is 3.67. The van der Waals surface area contributed by atoms with E-state index in [4.69, 9.17) is 4.74 Å². The number of likely N-dealkylation sites (N-methyl/N-ethyl adjacent to an activating group) is 1. The highest BCUT2D eigenvalue weighted by Gasteiger charge is 2.50. The normalized spacial score (nSPS) is 27.6. The third-order valence-electron chi connectivity index (χ3n) is 4.75. The van der Waals surface area contributed by atoms with Crippen LogP contribution in [-0.2, 0) is 17.6 Å². The fourth-order valence-corrected chi connectivity index (χ4v) is 3.67. The Balaban J connectivity index is 1.53. The maximum absolute atomic E-state index is 12.7. The molecule has 2 fully saturated rings. The average Bonchev–Trinajstić information content (AvgIpc) is 3.15. The Morgan fingerprint density at radius 3 is 3.00 bits per heavy atom. The molecule has 4 rings (SSSR count). The Morgan fingerprint density at radius 1 is 1.38 bits per heavy atom. The van der Waals surface area contributed by atoms with Crippen molar-refractivity contribution < 1.29 is 14.3 Å². The minimum atomic E-state index is -0.527. The van der Waals surface area contributed by atoms with E-state index in [2.05, 4.69) is 10.2 Å². The molecule has 0 aromatic carbocycles. The van der Waals surface area contributed by atoms with Crippen LogP contribution in [-0.4, -0.2) is 64.3 Å². The summed E-state index contributed by atoms with van der Waals surface area (Å²) in [5.74, 6) is -0.0446. The number of aryl methyl sites for hydroxylation is 1. The van der Waals surface area contributed by atoms with E-state index in [0.29, 0.717) is 31.7 Å². The van der Waals surface area contributed by atoms with Crippen LogP contribution in [0.4, 0.5) is 4.79 Å². The summed E-state index contributed by atoms with van der Waals surface area (Å²) in [5, 5.41) is 7.17. The number of H-pyrrole nitrogens is 1. The smallest absolute Gasteiger partial charge is 0.410 e. The van der Waals surface area contributed by atoms with E-state index in [1.165, 1.54) is 0 Å². The summed E-state index contributed by atoms with van der Waals surface area (Å²) in [4.78, 5) is 27.6. The van der Waals surface area contributed by atoms with Gasteiger partial charge in [-0.15, -0.1) is 0 Å². The van der Waals surface area contributed by atoms with E-state index in [0.717, 1.165) is 30.5 Å². The molecule has 1 aromatic heterocycles. The number of rotatable bonds is 1. The van der Waals surface area contributed by atoms with Gasteiger partial charge in [0, 0.05) is 31.3 Å². The summed E-state index contributed by atoms with van der Waals surface area (Å²) in [5.41, 5.74) is 2.19. The zero-order valence-corrected chi connectivity index (χ0v) is 12.0. The number of nitrogens with one attached hydrogen (secondary N) is 1. The predicted octanol–water partition coefficient (Wildman–Crippen LogP) is 0.565. The Kier molecular flexibility index (Phi) is 2.55. The topological polar surface area (TPSA) is 78.5 Å². The van der Waals surface area contributed by atoms with Gasteiger partial charge in [-0.1, -0.05) is 0 Å². The molecule has 1 spiro atoms. The number of carbonyl (C=O) groups excluding carboxylic acids is 2. The number of carbonyl (C=O) groups is 2. The molecule has 3 aliphatic rings. The highest BCUT2D eigenvalue weighted by molar-refractivity contribution is 5.94. The van der Waals surface area contributed by atoms with Crippen LogP contribution in [0.2, 0.25) is 0 Å². The maximum Gasteiger partial charge on any atom is 0.410 e. The van der Waals surface area contributed by atoms with Crippen molar-refractivity contribution in [2.24, 2.45) is 0 Å². The number of ether oxygens (including phenoxy) is 1. The van der Waals surface area contributed by atoms with Crippen LogP contribution in [0.15, 0.2) is 0 Å². The van der Waals surface area contributed by atoms with Gasteiger partial charge in [0.2, 0.25) is 0 Å². The highest BCUT2D eigenvalue weighted by Crippen LogP contribution is 2.33. The molecule has 0 saturated carbocycles. The third kappa shape index (κ3) is 1.83. The lowest BCUT2D eigenvalue weighted by Crippen LogP contribution is -2.39. The molecule has 112 valence electrons. The molecule has 0 radical (unpaired) electrons. The third-order valence-corrected chi connectivity index (χ3v) is 4.75. The number of hydrogen-bond acceptors (Lipinski definition) is 4. The zero-order valence-electron chi connectivity index (χ0n) is 12.0. The molecule has 1 aliphatic carbocycles. The molecular formula is C14H18N4O3. The lowest BCUT2D eigenvalue weighted by atomic mass is 10.0. The van der Waals surface area contributed by atoms with E-state index in [1.807, 2.05) is 0 Å². The standard InChI is InChI=1S/C14H18N4O3/c1-17-7-14(21-13(17)20)5-6-18(8-14)12(19)11-9-3-2-4-10(9)15-16-11/h2-8H2,1H3,(H,15,16)/t14-/m0/s1. The first kappa shape index (κ1) is 12.7. The van der Waals surface area contributed by atoms with Crippen LogP contribution in [0.1, 0.15) is 34.6 Å². The van der Waals surface area contributed by atoms with Gasteiger partial charge in [0.05, 0.1) is 13.1 Å². The molecule has 1 aromatic rings. The Bertz CT molecular complexity index is 626. The zero-order chi connectivity index (χ0) is 14.6. The Hall–Kier alpha value is -2.05. The summed E-state index contributed by atoms with van der Waals surface area (Å²) < 4.78 is 5.48. The Morgan fingerprint density at radius 2 is 2.24 bits per heavy atom. The van der Waals surface area contributed by atoms with E-state index in [9.17, 15) is 9.59 Å². The molecule has 21 heavy (non-hydrogen) atoms. The molecular weight excluding hydrogens is 272 g/mol. The van der Waals surface area contributed by atoms with E-state index in [-0.39, 0.29) is 12.0 Å². The number of hydrogen-bond donors (Lipinski definition) is 1. The lowest BCUT2D eigenvalue weighted by molar-refractivity contribution is 0.0550. The number of nitrogens with zero attached hydrogens (tertiary/aromatic N) is 3. The van der Waals surface area contributed by atoms with Gasteiger partial charge in [-0.05, 0) is 19.3 Å². The number of aromatic nitrogens is 2. The maximum atomic E-state index is 12.7. The Labute approximate surface area is 122 Å². The number of fused-ring (bicyclic) bond motifs is 1. The molecule has 1 N–H and O–H groups in total. The first-order valence-electron chi connectivity index (χ1n) is 7.37. The summed E-state index contributed by atoms with van der Waals surface area (Å²) in [6.07, 6.45) is 3.37. The van der Waals surface area contributed by atoms with Crippen molar-refractivity contribution in [1.82, 2.24) is 20.0 Å². The van der Waals surface area contributed by atoms with Crippen molar-refractivity contribution >= 4 is 12.0 Å². The summed E-state index contributed by atoms with van der Waals surface area (Å²) in [6.45, 7) is 1.62. The van der Waals surface area contributed by atoms with Gasteiger partial charge in [-0.3, -0.25) is 9.89 Å². The van der Waals surface area contributed by atoms with Crippen molar-refractivity contribution in [1.29, 1.82) is 0 Å². The lowest BCUT2D eigenvalue weighted by Gasteiger charge is -2.21. The second-order valence-electron chi connectivity index (χ2n) is 6.27. The van der Waals surface area contributed by atoms with Crippen LogP contribution in [0.25, 0.3) is 0 Å². The summed E-state index contributed by atoms with van der Waals surface area (Å²) in [7, 11) is 1.72. The number of aromatic amines is 1. The first-order chi connectivity index (χ1) is 10.1. The van der Waals surface area contributed by atoms with Gasteiger partial charge in [0.1, 0.15) is 0 Å². The minimum Gasteiger partial charge on any atom is -0.439 e. The summed E-state index contributed by atoms with van der Waals surface area (Å²) in [6, 6.07) is 0. The molecule has 2 saturated heterocycles.